The third-order valence-electron chi connectivity index (χ3n) is 5.61. The van der Waals surface area contributed by atoms with Crippen molar-refractivity contribution in [3.8, 4) is 0 Å². The molecule has 0 aromatic carbocycles. The second-order valence-electron chi connectivity index (χ2n) is 9.70. The molecule has 170 valence electrons. The summed E-state index contributed by atoms with van der Waals surface area (Å²) in [6, 6.07) is 0. The quantitative estimate of drug-likeness (QED) is 0.235. The van der Waals surface area contributed by atoms with Crippen molar-refractivity contribution < 1.29 is 0 Å². The maximum atomic E-state index is 3.94. The molecule has 0 bridgehead atoms. The minimum absolute atomic E-state index is 0.544. The Morgan fingerprint density at radius 2 is 1.37 bits per heavy atom. The lowest BCUT2D eigenvalue weighted by Gasteiger charge is -2.15. The Morgan fingerprint density at radius 3 is 1.93 bits per heavy atom. The molecule has 2 atom stereocenters. The van der Waals surface area contributed by atoms with Gasteiger partial charge in [-0.3, -0.25) is 0 Å². The highest BCUT2D eigenvalue weighted by Crippen LogP contribution is 2.23. The van der Waals surface area contributed by atoms with Gasteiger partial charge in [-0.1, -0.05) is 92.5 Å². The zero-order chi connectivity index (χ0) is 22.9. The molecule has 0 heterocycles. The van der Waals surface area contributed by atoms with E-state index in [0.717, 1.165) is 32.1 Å². The summed E-state index contributed by atoms with van der Waals surface area (Å²) in [6.45, 7) is 22.0. The molecule has 0 aromatic heterocycles. The molecular weight excluding hydrogens is 360 g/mol. The third-order valence-corrected chi connectivity index (χ3v) is 5.61. The topological polar surface area (TPSA) is 0 Å². The van der Waals surface area contributed by atoms with Gasteiger partial charge in [-0.25, -0.2) is 0 Å². The Balaban J connectivity index is 4.81. The largest absolute Gasteiger partial charge is 0.103 e. The van der Waals surface area contributed by atoms with Gasteiger partial charge in [0.2, 0.25) is 0 Å². The summed E-state index contributed by atoms with van der Waals surface area (Å²) in [6.07, 6.45) is 24.4. The minimum Gasteiger partial charge on any atom is -0.103 e. The summed E-state index contributed by atoms with van der Waals surface area (Å²) in [5.74, 6) is 1.77. The maximum Gasteiger partial charge on any atom is -0.0133 e. The first kappa shape index (κ1) is 28.4. The monoisotopic (exact) mass is 410 g/mol. The van der Waals surface area contributed by atoms with E-state index in [1.54, 1.807) is 5.57 Å². The number of rotatable bonds is 15. The molecule has 0 aliphatic rings. The summed E-state index contributed by atoms with van der Waals surface area (Å²) in [4.78, 5) is 0. The molecule has 0 rings (SSSR count). The van der Waals surface area contributed by atoms with Crippen molar-refractivity contribution in [3.05, 3.63) is 71.4 Å². The van der Waals surface area contributed by atoms with Crippen LogP contribution in [-0.4, -0.2) is 0 Å². The summed E-state index contributed by atoms with van der Waals surface area (Å²) < 4.78 is 0. The van der Waals surface area contributed by atoms with Gasteiger partial charge in [-0.2, -0.15) is 0 Å². The molecule has 0 fully saturated rings. The molecule has 0 spiro atoms. The van der Waals surface area contributed by atoms with Crippen molar-refractivity contribution in [2.24, 2.45) is 17.8 Å². The summed E-state index contributed by atoms with van der Waals surface area (Å²) >= 11 is 0. The fourth-order valence-electron chi connectivity index (χ4n) is 3.26. The van der Waals surface area contributed by atoms with Crippen LogP contribution >= 0.6 is 0 Å². The van der Waals surface area contributed by atoms with Gasteiger partial charge in [0.15, 0.2) is 0 Å². The van der Waals surface area contributed by atoms with Gasteiger partial charge >= 0.3 is 0 Å². The molecule has 0 aliphatic carbocycles. The lowest BCUT2D eigenvalue weighted by atomic mass is 9.91. The molecular formula is C30H50. The van der Waals surface area contributed by atoms with Gasteiger partial charge < -0.3 is 0 Å². The Labute approximate surface area is 189 Å². The standard InChI is InChI=1S/C30H50/c1-10-26(6)20-22-30(29(9)19-12-15-25(4)5)23-21-28(8)18-13-17-27(7)16-11-14-24(2)3/h10,12,14-15,17,21-22,25-26,29H,1,11,13,16,18-20,23H2,2-9H3/b15-12+,27-17+,28-21-,30-22-. The molecule has 0 heteroatoms. The molecule has 0 aromatic rings. The highest BCUT2D eigenvalue weighted by Gasteiger charge is 2.07. The molecule has 2 unspecified atom stereocenters. The first-order valence-corrected chi connectivity index (χ1v) is 12.1. The first-order chi connectivity index (χ1) is 14.1. The summed E-state index contributed by atoms with van der Waals surface area (Å²) in [7, 11) is 0. The lowest BCUT2D eigenvalue weighted by Crippen LogP contribution is -2.00. The molecule has 0 nitrogen and oxygen atoms in total. The van der Waals surface area contributed by atoms with Crippen molar-refractivity contribution in [2.45, 2.75) is 100 Å². The van der Waals surface area contributed by atoms with Crippen LogP contribution in [0.25, 0.3) is 0 Å². The molecule has 0 saturated heterocycles. The van der Waals surface area contributed by atoms with Crippen molar-refractivity contribution >= 4 is 0 Å². The van der Waals surface area contributed by atoms with Gasteiger partial charge in [0.05, 0.1) is 0 Å². The number of allylic oxidation sites excluding steroid dienone is 11. The molecule has 0 aliphatic heterocycles. The number of hydrogen-bond donors (Lipinski definition) is 0. The Morgan fingerprint density at radius 1 is 0.767 bits per heavy atom. The fraction of sp³-hybridized carbons (Fsp3) is 0.600. The van der Waals surface area contributed by atoms with Crippen molar-refractivity contribution in [3.63, 3.8) is 0 Å². The van der Waals surface area contributed by atoms with E-state index >= 15 is 0 Å². The molecule has 0 amide bonds. The second kappa shape index (κ2) is 17.2. The van der Waals surface area contributed by atoms with Crippen LogP contribution < -0.4 is 0 Å². The van der Waals surface area contributed by atoms with Gasteiger partial charge in [-0.05, 0) is 90.4 Å². The van der Waals surface area contributed by atoms with Crippen molar-refractivity contribution in [1.29, 1.82) is 0 Å². The van der Waals surface area contributed by atoms with Gasteiger partial charge in [0, 0.05) is 0 Å². The van der Waals surface area contributed by atoms with E-state index in [1.807, 2.05) is 0 Å². The summed E-state index contributed by atoms with van der Waals surface area (Å²) in [5, 5.41) is 0. The van der Waals surface area contributed by atoms with Crippen LogP contribution in [0.2, 0.25) is 0 Å². The third kappa shape index (κ3) is 16.3. The highest BCUT2D eigenvalue weighted by atomic mass is 14.1. The van der Waals surface area contributed by atoms with E-state index < -0.39 is 0 Å². The predicted molar refractivity (Wildman–Crippen MR) is 140 cm³/mol. The van der Waals surface area contributed by atoms with Crippen LogP contribution in [0.15, 0.2) is 71.4 Å². The van der Waals surface area contributed by atoms with Crippen LogP contribution in [-0.2, 0) is 0 Å². The first-order valence-electron chi connectivity index (χ1n) is 12.1. The van der Waals surface area contributed by atoms with Crippen LogP contribution in [0, 0.1) is 17.8 Å². The van der Waals surface area contributed by atoms with Crippen LogP contribution in [0.4, 0.5) is 0 Å². The Bertz CT molecular complexity index is 614. The second-order valence-corrected chi connectivity index (χ2v) is 9.70. The highest BCUT2D eigenvalue weighted by molar-refractivity contribution is 5.16. The van der Waals surface area contributed by atoms with Crippen molar-refractivity contribution in [2.75, 3.05) is 0 Å². The normalized spacial score (nSPS) is 15.6. The van der Waals surface area contributed by atoms with Crippen LogP contribution in [0.3, 0.4) is 0 Å². The molecule has 0 saturated carbocycles. The van der Waals surface area contributed by atoms with E-state index in [2.05, 4.69) is 105 Å². The Kier molecular flexibility index (Phi) is 16.3. The predicted octanol–water partition coefficient (Wildman–Crippen LogP) is 10.2. The van der Waals surface area contributed by atoms with Gasteiger partial charge in [0.1, 0.15) is 0 Å². The van der Waals surface area contributed by atoms with Gasteiger partial charge in [0.25, 0.3) is 0 Å². The van der Waals surface area contributed by atoms with E-state index in [0.29, 0.717) is 17.8 Å². The molecule has 0 radical (unpaired) electrons. The molecule has 0 N–H and O–H groups in total. The van der Waals surface area contributed by atoms with Crippen LogP contribution in [0.5, 0.6) is 0 Å². The minimum atomic E-state index is 0.544. The number of hydrogen-bond acceptors (Lipinski definition) is 0. The molecule has 30 heavy (non-hydrogen) atoms. The van der Waals surface area contributed by atoms with E-state index in [4.69, 9.17) is 0 Å². The maximum absolute atomic E-state index is 3.94. The van der Waals surface area contributed by atoms with E-state index in [9.17, 15) is 0 Å². The smallest absolute Gasteiger partial charge is 0.0133 e. The average molecular weight is 411 g/mol. The lowest BCUT2D eigenvalue weighted by molar-refractivity contribution is 0.655. The van der Waals surface area contributed by atoms with Gasteiger partial charge in [-0.15, -0.1) is 6.58 Å². The van der Waals surface area contributed by atoms with Crippen molar-refractivity contribution in [1.82, 2.24) is 0 Å². The SMILES string of the molecule is C=CC(C)C/C=C(/C/C=C(/C)CC/C=C(\C)CCC=C(C)C)C(C)C/C=C/C(C)C. The Hall–Kier alpha value is -1.56. The zero-order valence-corrected chi connectivity index (χ0v) is 21.4. The zero-order valence-electron chi connectivity index (χ0n) is 21.4. The van der Waals surface area contributed by atoms with E-state index in [1.165, 1.54) is 29.6 Å². The fourth-order valence-corrected chi connectivity index (χ4v) is 3.26. The van der Waals surface area contributed by atoms with Crippen LogP contribution in [0.1, 0.15) is 100 Å². The summed E-state index contributed by atoms with van der Waals surface area (Å²) in [5.41, 5.74) is 6.02. The van der Waals surface area contributed by atoms with E-state index in [-0.39, 0.29) is 0 Å². The average Bonchev–Trinajstić information content (AvgIpc) is 2.66.